The Labute approximate surface area is 62.8 Å². The van der Waals surface area contributed by atoms with Gasteiger partial charge in [0.25, 0.3) is 0 Å². The van der Waals surface area contributed by atoms with Gasteiger partial charge in [0.05, 0.1) is 0 Å². The number of nitrogens with one attached hydrogen (secondary N) is 1. The molecule has 0 saturated carbocycles. The second kappa shape index (κ2) is 4.58. The zero-order chi connectivity index (χ0) is 6.36. The van der Waals surface area contributed by atoms with E-state index in [2.05, 4.69) is 4.72 Å². The van der Waals surface area contributed by atoms with Crippen molar-refractivity contribution in [3.05, 3.63) is 35.9 Å². The van der Waals surface area contributed by atoms with Gasteiger partial charge in [0, 0.05) is 17.2 Å². The zero-order valence-corrected chi connectivity index (χ0v) is 6.41. The van der Waals surface area contributed by atoms with Gasteiger partial charge in [-0.05, 0) is 22.3 Å². The van der Waals surface area contributed by atoms with Gasteiger partial charge in [-0.25, -0.2) is 0 Å². The summed E-state index contributed by atoms with van der Waals surface area (Å²) in [5.74, 6) is 0. The Morgan fingerprint density at radius 3 is 2.89 bits per heavy atom. The first-order valence-corrected chi connectivity index (χ1v) is 4.77. The normalized spacial score (nSPS) is 28.4. The highest BCUT2D eigenvalue weighted by Crippen LogP contribution is 2.18. The van der Waals surface area contributed by atoms with Crippen molar-refractivity contribution in [2.24, 2.45) is 0 Å². The van der Waals surface area contributed by atoms with Crippen molar-refractivity contribution in [1.82, 2.24) is 4.72 Å². The van der Waals surface area contributed by atoms with Gasteiger partial charge in [0.2, 0.25) is 0 Å². The summed E-state index contributed by atoms with van der Waals surface area (Å²) >= 11 is 0. The van der Waals surface area contributed by atoms with E-state index in [0.717, 1.165) is 0 Å². The predicted molar refractivity (Wildman–Crippen MR) is 45.7 cm³/mol. The lowest BCUT2D eigenvalue weighted by molar-refractivity contribution is 1.43. The fourth-order valence-corrected chi connectivity index (χ4v) is 1.48. The summed E-state index contributed by atoms with van der Waals surface area (Å²) in [7, 11) is 3.26. The number of allylic oxidation sites excluding steroid dienone is 4. The van der Waals surface area contributed by atoms with Crippen LogP contribution in [-0.4, -0.2) is 0 Å². The lowest BCUT2D eigenvalue weighted by Gasteiger charge is -1.89. The van der Waals surface area contributed by atoms with Gasteiger partial charge >= 0.3 is 0 Å². The highest BCUT2D eigenvalue weighted by Gasteiger charge is 1.78. The van der Waals surface area contributed by atoms with Crippen LogP contribution in [0.1, 0.15) is 0 Å². The molecule has 1 heterocycles. The quantitative estimate of drug-likeness (QED) is 0.428. The van der Waals surface area contributed by atoms with Crippen LogP contribution in [0.4, 0.5) is 0 Å². The molecule has 1 rings (SSSR count). The third-order valence-corrected chi connectivity index (χ3v) is 2.24. The van der Waals surface area contributed by atoms with Crippen molar-refractivity contribution >= 4 is 21.8 Å². The summed E-state index contributed by atoms with van der Waals surface area (Å²) in [6, 6.07) is 0. The van der Waals surface area contributed by atoms with E-state index in [-0.39, 0.29) is 0 Å². The molecule has 0 aliphatic carbocycles. The lowest BCUT2D eigenvalue weighted by atomic mass is 10.5. The standard InChI is InChI=1S/C6H7NS2/c1-2-4-6-8-9-7-5-3-1/h1-7H/b2-1-,5-3-,6-4-. The van der Waals surface area contributed by atoms with Crippen LogP contribution in [0.15, 0.2) is 35.9 Å². The highest BCUT2D eigenvalue weighted by molar-refractivity contribution is 8.77. The molecule has 9 heavy (non-hydrogen) atoms. The molecule has 0 fully saturated rings. The van der Waals surface area contributed by atoms with E-state index in [4.69, 9.17) is 0 Å². The first kappa shape index (κ1) is 6.83. The summed E-state index contributed by atoms with van der Waals surface area (Å²) in [4.78, 5) is 0. The topological polar surface area (TPSA) is 12.0 Å². The van der Waals surface area contributed by atoms with Gasteiger partial charge in [0.15, 0.2) is 0 Å². The van der Waals surface area contributed by atoms with E-state index >= 15 is 0 Å². The number of hydrogen-bond donors (Lipinski definition) is 1. The molecule has 48 valence electrons. The SMILES string of the molecule is C1=C\C=C/SSN\C=C/1. The summed E-state index contributed by atoms with van der Waals surface area (Å²) in [5, 5.41) is 2.03. The summed E-state index contributed by atoms with van der Waals surface area (Å²) in [6.45, 7) is 0. The van der Waals surface area contributed by atoms with Crippen LogP contribution in [0, 0.1) is 0 Å². The molecule has 1 aliphatic heterocycles. The van der Waals surface area contributed by atoms with E-state index < -0.39 is 0 Å². The predicted octanol–water partition coefficient (Wildman–Crippen LogP) is 2.47. The molecule has 0 aromatic carbocycles. The third kappa shape index (κ3) is 3.32. The summed E-state index contributed by atoms with van der Waals surface area (Å²) < 4.78 is 3.02. The number of hydrogen-bond acceptors (Lipinski definition) is 3. The summed E-state index contributed by atoms with van der Waals surface area (Å²) in [5.41, 5.74) is 0. The Balaban J connectivity index is 2.45. The Morgan fingerprint density at radius 1 is 1.00 bits per heavy atom. The van der Waals surface area contributed by atoms with Crippen LogP contribution in [0.5, 0.6) is 0 Å². The van der Waals surface area contributed by atoms with E-state index in [9.17, 15) is 0 Å². The Bertz CT molecular complexity index is 133. The molecule has 0 bridgehead atoms. The second-order valence-electron chi connectivity index (χ2n) is 1.37. The minimum absolute atomic E-state index is 1.60. The van der Waals surface area contributed by atoms with Crippen molar-refractivity contribution in [3.8, 4) is 0 Å². The molecule has 0 atom stereocenters. The molecule has 1 aliphatic rings. The van der Waals surface area contributed by atoms with Gasteiger partial charge < -0.3 is 4.72 Å². The van der Waals surface area contributed by atoms with Crippen molar-refractivity contribution in [2.45, 2.75) is 0 Å². The van der Waals surface area contributed by atoms with E-state index in [0.29, 0.717) is 0 Å². The van der Waals surface area contributed by atoms with Crippen molar-refractivity contribution in [1.29, 1.82) is 0 Å². The van der Waals surface area contributed by atoms with Crippen LogP contribution in [-0.2, 0) is 0 Å². The molecule has 1 N–H and O–H groups in total. The molecule has 0 amide bonds. The molecular formula is C6H7NS2. The smallest absolute Gasteiger partial charge is 0.0229 e. The summed E-state index contributed by atoms with van der Waals surface area (Å²) in [6.07, 6.45) is 9.85. The lowest BCUT2D eigenvalue weighted by Crippen LogP contribution is -1.83. The Hall–Kier alpha value is -0.280. The zero-order valence-electron chi connectivity index (χ0n) is 4.78. The molecule has 0 radical (unpaired) electrons. The van der Waals surface area contributed by atoms with E-state index in [1.54, 1.807) is 21.8 Å². The molecular weight excluding hydrogens is 150 g/mol. The van der Waals surface area contributed by atoms with E-state index in [1.165, 1.54) is 0 Å². The first-order valence-electron chi connectivity index (χ1n) is 2.56. The monoisotopic (exact) mass is 157 g/mol. The average Bonchev–Trinajstić information content (AvgIpc) is 2.00. The van der Waals surface area contributed by atoms with Crippen molar-refractivity contribution in [3.63, 3.8) is 0 Å². The minimum Gasteiger partial charge on any atom is -0.327 e. The first-order chi connectivity index (χ1) is 4.50. The maximum Gasteiger partial charge on any atom is 0.0229 e. The fourth-order valence-electron chi connectivity index (χ4n) is 0.384. The maximum atomic E-state index is 3.02. The molecule has 1 nitrogen and oxygen atoms in total. The molecule has 0 aromatic heterocycles. The largest absolute Gasteiger partial charge is 0.327 e. The van der Waals surface area contributed by atoms with Crippen LogP contribution in [0.2, 0.25) is 0 Å². The maximum absolute atomic E-state index is 3.02. The van der Waals surface area contributed by atoms with Gasteiger partial charge in [-0.3, -0.25) is 0 Å². The van der Waals surface area contributed by atoms with Crippen molar-refractivity contribution in [2.75, 3.05) is 0 Å². The van der Waals surface area contributed by atoms with Crippen molar-refractivity contribution < 1.29 is 0 Å². The van der Waals surface area contributed by atoms with Crippen LogP contribution in [0.25, 0.3) is 0 Å². The molecule has 0 saturated heterocycles. The number of rotatable bonds is 0. The highest BCUT2D eigenvalue weighted by atomic mass is 33.1. The van der Waals surface area contributed by atoms with Crippen LogP contribution >= 0.6 is 21.8 Å². The Morgan fingerprint density at radius 2 is 1.89 bits per heavy atom. The van der Waals surface area contributed by atoms with E-state index in [1.807, 2.05) is 35.9 Å². The van der Waals surface area contributed by atoms with Crippen LogP contribution < -0.4 is 4.72 Å². The third-order valence-electron chi connectivity index (χ3n) is 0.728. The van der Waals surface area contributed by atoms with Gasteiger partial charge in [0.1, 0.15) is 0 Å². The molecule has 0 unspecified atom stereocenters. The average molecular weight is 157 g/mol. The van der Waals surface area contributed by atoms with Gasteiger partial charge in [-0.15, -0.1) is 0 Å². The Kier molecular flexibility index (Phi) is 3.48. The molecule has 3 heteroatoms. The molecule has 0 spiro atoms. The van der Waals surface area contributed by atoms with Gasteiger partial charge in [-0.2, -0.15) is 0 Å². The fraction of sp³-hybridized carbons (Fsp3) is 0. The minimum atomic E-state index is 1.60. The molecule has 0 aromatic rings. The van der Waals surface area contributed by atoms with Gasteiger partial charge in [-0.1, -0.05) is 18.2 Å². The van der Waals surface area contributed by atoms with Crippen LogP contribution in [0.3, 0.4) is 0 Å². The second-order valence-corrected chi connectivity index (χ2v) is 3.31.